The van der Waals surface area contributed by atoms with E-state index in [1.54, 1.807) is 10.7 Å². The minimum Gasteiger partial charge on any atom is -0.322 e. The van der Waals surface area contributed by atoms with Crippen LogP contribution in [0.25, 0.3) is 11.1 Å². The summed E-state index contributed by atoms with van der Waals surface area (Å²) >= 11 is 0. The maximum absolute atomic E-state index is 12.6. The predicted molar refractivity (Wildman–Crippen MR) is 116 cm³/mol. The van der Waals surface area contributed by atoms with Gasteiger partial charge < -0.3 is 10.6 Å². The number of rotatable bonds is 5. The van der Waals surface area contributed by atoms with Gasteiger partial charge in [0, 0.05) is 18.5 Å². The summed E-state index contributed by atoms with van der Waals surface area (Å²) in [4.78, 5) is 24.5. The van der Waals surface area contributed by atoms with Gasteiger partial charge in [0.1, 0.15) is 5.82 Å². The Morgan fingerprint density at radius 2 is 1.83 bits per heavy atom. The molecular weight excluding hydrogens is 378 g/mol. The second-order valence-corrected chi connectivity index (χ2v) is 7.65. The lowest BCUT2D eigenvalue weighted by molar-refractivity contribution is -0.125. The molecule has 2 unspecified atom stereocenters. The van der Waals surface area contributed by atoms with Gasteiger partial charge in [-0.1, -0.05) is 54.6 Å². The lowest BCUT2D eigenvalue weighted by Crippen LogP contribution is -2.52. The van der Waals surface area contributed by atoms with Gasteiger partial charge in [-0.25, -0.2) is 4.68 Å². The molecule has 2 amide bonds. The Morgan fingerprint density at radius 3 is 2.53 bits per heavy atom. The number of carbonyl (C=O) groups excluding carboxylic acids is 2. The topological polar surface area (TPSA) is 88.0 Å². The Hall–Kier alpha value is -3.45. The zero-order valence-corrected chi connectivity index (χ0v) is 17.1. The Morgan fingerprint density at radius 1 is 1.13 bits per heavy atom. The second kappa shape index (κ2) is 8.51. The van der Waals surface area contributed by atoms with Crippen LogP contribution in [-0.4, -0.2) is 27.6 Å². The van der Waals surface area contributed by atoms with E-state index in [0.717, 1.165) is 22.4 Å². The predicted octanol–water partition coefficient (Wildman–Crippen LogP) is 2.99. The molecule has 7 heteroatoms. The fourth-order valence-corrected chi connectivity index (χ4v) is 3.62. The van der Waals surface area contributed by atoms with E-state index in [4.69, 9.17) is 0 Å². The molecule has 0 bridgehead atoms. The van der Waals surface area contributed by atoms with Crippen molar-refractivity contribution < 1.29 is 9.59 Å². The van der Waals surface area contributed by atoms with Gasteiger partial charge in [-0.2, -0.15) is 5.10 Å². The molecule has 154 valence electrons. The molecular formula is C23H25N5O2. The fraction of sp³-hybridized carbons (Fsp3) is 0.261. The smallest absolute Gasteiger partial charge is 0.229 e. The number of amides is 2. The van der Waals surface area contributed by atoms with Crippen LogP contribution in [0.2, 0.25) is 0 Å². The molecule has 0 saturated carbocycles. The quantitative estimate of drug-likeness (QED) is 0.611. The number of hydrogen-bond acceptors (Lipinski definition) is 4. The Kier molecular flexibility index (Phi) is 5.63. The van der Waals surface area contributed by atoms with E-state index < -0.39 is 6.29 Å². The van der Waals surface area contributed by atoms with E-state index in [2.05, 4.69) is 33.2 Å². The van der Waals surface area contributed by atoms with Crippen LogP contribution in [0.3, 0.4) is 0 Å². The van der Waals surface area contributed by atoms with Crippen LogP contribution in [0.4, 0.5) is 5.82 Å². The van der Waals surface area contributed by atoms with Gasteiger partial charge in [-0.15, -0.1) is 0 Å². The van der Waals surface area contributed by atoms with E-state index in [9.17, 15) is 9.59 Å². The van der Waals surface area contributed by atoms with E-state index >= 15 is 0 Å². The molecule has 2 heterocycles. The number of anilines is 1. The average Bonchev–Trinajstić information content (AvgIpc) is 3.08. The molecule has 2 aromatic carbocycles. The summed E-state index contributed by atoms with van der Waals surface area (Å²) < 4.78 is 1.61. The highest BCUT2D eigenvalue weighted by atomic mass is 16.2. The minimum atomic E-state index is -0.490. The first-order chi connectivity index (χ1) is 14.5. The number of aryl methyl sites for hydroxylation is 1. The van der Waals surface area contributed by atoms with Crippen molar-refractivity contribution in [1.29, 1.82) is 0 Å². The summed E-state index contributed by atoms with van der Waals surface area (Å²) in [5, 5.41) is 13.5. The molecule has 1 fully saturated rings. The van der Waals surface area contributed by atoms with Gasteiger partial charge in [0.2, 0.25) is 11.8 Å². The van der Waals surface area contributed by atoms with Crippen LogP contribution in [0.1, 0.15) is 30.9 Å². The molecule has 1 saturated heterocycles. The summed E-state index contributed by atoms with van der Waals surface area (Å²) in [6.45, 7) is 3.79. The van der Waals surface area contributed by atoms with Crippen molar-refractivity contribution in [2.75, 3.05) is 5.32 Å². The first kappa shape index (κ1) is 19.8. The van der Waals surface area contributed by atoms with Crippen LogP contribution < -0.4 is 16.0 Å². The maximum atomic E-state index is 12.6. The lowest BCUT2D eigenvalue weighted by Gasteiger charge is -2.30. The third kappa shape index (κ3) is 4.58. The molecule has 1 aliphatic heterocycles. The van der Waals surface area contributed by atoms with Crippen molar-refractivity contribution in [3.05, 3.63) is 71.9 Å². The molecule has 7 nitrogen and oxygen atoms in total. The third-order valence-electron chi connectivity index (χ3n) is 5.03. The molecule has 0 aliphatic carbocycles. The fourth-order valence-electron chi connectivity index (χ4n) is 3.62. The molecule has 1 aliphatic rings. The lowest BCUT2D eigenvalue weighted by atomic mass is 10.0. The molecule has 2 atom stereocenters. The number of nitrogens with one attached hydrogen (secondary N) is 3. The van der Waals surface area contributed by atoms with Crippen molar-refractivity contribution in [3.63, 3.8) is 0 Å². The highest BCUT2D eigenvalue weighted by Crippen LogP contribution is 2.20. The Bertz CT molecular complexity index is 1040. The zero-order chi connectivity index (χ0) is 21.1. The standard InChI is InChI=1S/C23H25N5O2/c1-15-13-21(29)26-23(24-15)28-20(12-16(2)27-28)25-22(30)14-17-8-10-19(11-9-17)18-6-4-3-5-7-18/h3-12,15,23-24H,13-14H2,1-2H3,(H,25,30)(H,26,29). The van der Waals surface area contributed by atoms with E-state index in [1.165, 1.54) is 0 Å². The van der Waals surface area contributed by atoms with Crippen LogP contribution in [-0.2, 0) is 16.0 Å². The highest BCUT2D eigenvalue weighted by molar-refractivity contribution is 5.91. The summed E-state index contributed by atoms with van der Waals surface area (Å²) in [6, 6.07) is 19.9. The molecule has 3 aromatic rings. The van der Waals surface area contributed by atoms with Crippen molar-refractivity contribution in [2.24, 2.45) is 0 Å². The van der Waals surface area contributed by atoms with Crippen molar-refractivity contribution in [3.8, 4) is 11.1 Å². The van der Waals surface area contributed by atoms with E-state index in [0.29, 0.717) is 12.2 Å². The SMILES string of the molecule is Cc1cc(NC(=O)Cc2ccc(-c3ccccc3)cc2)n(C2NC(=O)CC(C)N2)n1. The van der Waals surface area contributed by atoms with Gasteiger partial charge in [-0.05, 0) is 30.5 Å². The van der Waals surface area contributed by atoms with Crippen LogP contribution in [0.5, 0.6) is 0 Å². The molecule has 1 aromatic heterocycles. The zero-order valence-electron chi connectivity index (χ0n) is 17.1. The van der Waals surface area contributed by atoms with Gasteiger partial charge in [0.25, 0.3) is 0 Å². The van der Waals surface area contributed by atoms with Gasteiger partial charge in [0.05, 0.1) is 12.1 Å². The molecule has 30 heavy (non-hydrogen) atoms. The second-order valence-electron chi connectivity index (χ2n) is 7.65. The molecule has 0 spiro atoms. The van der Waals surface area contributed by atoms with Crippen molar-refractivity contribution in [2.45, 2.75) is 39.0 Å². The Labute approximate surface area is 175 Å². The number of nitrogens with zero attached hydrogens (tertiary/aromatic N) is 2. The minimum absolute atomic E-state index is 0.0277. The summed E-state index contributed by atoms with van der Waals surface area (Å²) in [5.41, 5.74) is 3.94. The van der Waals surface area contributed by atoms with Crippen LogP contribution >= 0.6 is 0 Å². The van der Waals surface area contributed by atoms with Gasteiger partial charge >= 0.3 is 0 Å². The molecule has 0 radical (unpaired) electrons. The van der Waals surface area contributed by atoms with Crippen molar-refractivity contribution in [1.82, 2.24) is 20.4 Å². The van der Waals surface area contributed by atoms with Crippen LogP contribution in [0.15, 0.2) is 60.7 Å². The van der Waals surface area contributed by atoms with Crippen molar-refractivity contribution >= 4 is 17.6 Å². The first-order valence-corrected chi connectivity index (χ1v) is 10.0. The summed E-state index contributed by atoms with van der Waals surface area (Å²) in [5.74, 6) is 0.360. The highest BCUT2D eigenvalue weighted by Gasteiger charge is 2.26. The largest absolute Gasteiger partial charge is 0.322 e. The van der Waals surface area contributed by atoms with Gasteiger partial charge in [-0.3, -0.25) is 14.9 Å². The average molecular weight is 403 g/mol. The molecule has 3 N–H and O–H groups in total. The van der Waals surface area contributed by atoms with E-state index in [1.807, 2.05) is 56.3 Å². The van der Waals surface area contributed by atoms with Gasteiger partial charge in [0.15, 0.2) is 6.29 Å². The molecule has 4 rings (SSSR count). The Balaban J connectivity index is 1.44. The number of aromatic nitrogens is 2. The number of carbonyl (C=O) groups is 2. The van der Waals surface area contributed by atoms with E-state index in [-0.39, 0.29) is 24.3 Å². The first-order valence-electron chi connectivity index (χ1n) is 10.0. The third-order valence-corrected chi connectivity index (χ3v) is 5.03. The number of benzene rings is 2. The maximum Gasteiger partial charge on any atom is 0.229 e. The summed E-state index contributed by atoms with van der Waals surface area (Å²) in [7, 11) is 0. The number of hydrogen-bond donors (Lipinski definition) is 3. The summed E-state index contributed by atoms with van der Waals surface area (Å²) in [6.07, 6.45) is 0.174. The monoisotopic (exact) mass is 403 g/mol. The normalized spacial score (nSPS) is 18.7. The van der Waals surface area contributed by atoms with Crippen LogP contribution in [0, 0.1) is 6.92 Å².